The molecule has 2 unspecified atom stereocenters. The van der Waals surface area contributed by atoms with Crippen LogP contribution >= 0.6 is 27.3 Å². The fourth-order valence-corrected chi connectivity index (χ4v) is 5.27. The van der Waals surface area contributed by atoms with Crippen LogP contribution in [0.5, 0.6) is 0 Å². The summed E-state index contributed by atoms with van der Waals surface area (Å²) in [6.07, 6.45) is -4.73. The molecule has 0 radical (unpaired) electrons. The lowest BCUT2D eigenvalue weighted by Crippen LogP contribution is -2.35. The van der Waals surface area contributed by atoms with Crippen molar-refractivity contribution in [3.8, 4) is 0 Å². The number of rotatable bonds is 3. The number of halogens is 4. The molecule has 1 amide bonds. The van der Waals surface area contributed by atoms with Gasteiger partial charge >= 0.3 is 6.18 Å². The zero-order chi connectivity index (χ0) is 22.5. The normalized spacial score (nSPS) is 18.2. The van der Waals surface area contributed by atoms with Crippen LogP contribution in [0.4, 0.5) is 24.7 Å². The van der Waals surface area contributed by atoms with Crippen LogP contribution in [0.2, 0.25) is 0 Å². The molecule has 2 N–H and O–H groups in total. The van der Waals surface area contributed by atoms with Crippen LogP contribution in [0.25, 0.3) is 10.8 Å². The van der Waals surface area contributed by atoms with E-state index in [1.165, 1.54) is 11.3 Å². The van der Waals surface area contributed by atoms with Crippen molar-refractivity contribution < 1.29 is 18.0 Å². The van der Waals surface area contributed by atoms with Crippen molar-refractivity contribution in [2.24, 2.45) is 0 Å². The number of alkyl halides is 3. The van der Waals surface area contributed by atoms with Gasteiger partial charge in [-0.25, -0.2) is 4.68 Å². The molecule has 2 atom stereocenters. The van der Waals surface area contributed by atoms with E-state index in [1.54, 1.807) is 24.3 Å². The number of hydrogen-bond donors (Lipinski definition) is 2. The van der Waals surface area contributed by atoms with E-state index in [4.69, 9.17) is 0 Å². The molecule has 2 aromatic heterocycles. The van der Waals surface area contributed by atoms with Gasteiger partial charge in [0.25, 0.3) is 5.91 Å². The molecular formula is C22H16BrF3N4OS. The van der Waals surface area contributed by atoms with E-state index in [9.17, 15) is 18.0 Å². The average molecular weight is 521 g/mol. The fourth-order valence-electron chi connectivity index (χ4n) is 3.93. The molecule has 5 rings (SSSR count). The lowest BCUT2D eigenvalue weighted by Gasteiger charge is -2.33. The van der Waals surface area contributed by atoms with E-state index in [0.29, 0.717) is 5.69 Å². The highest BCUT2D eigenvalue weighted by atomic mass is 79.9. The lowest BCUT2D eigenvalue weighted by atomic mass is 10.0. The summed E-state index contributed by atoms with van der Waals surface area (Å²) in [7, 11) is 0. The maximum atomic E-state index is 13.9. The molecule has 0 fully saturated rings. The van der Waals surface area contributed by atoms with Crippen molar-refractivity contribution in [3.05, 3.63) is 75.0 Å². The second-order valence-corrected chi connectivity index (χ2v) is 9.21. The highest BCUT2D eigenvalue weighted by Gasteiger charge is 2.48. The minimum Gasteiger partial charge on any atom is -0.362 e. The zero-order valence-corrected chi connectivity index (χ0v) is 18.8. The van der Waals surface area contributed by atoms with Crippen LogP contribution < -0.4 is 10.6 Å². The first-order valence-corrected chi connectivity index (χ1v) is 11.4. The number of thiophene rings is 1. The van der Waals surface area contributed by atoms with Gasteiger partial charge in [-0.15, -0.1) is 11.3 Å². The predicted molar refractivity (Wildman–Crippen MR) is 122 cm³/mol. The van der Waals surface area contributed by atoms with Gasteiger partial charge in [0.1, 0.15) is 5.82 Å². The molecule has 3 heterocycles. The van der Waals surface area contributed by atoms with Gasteiger partial charge < -0.3 is 10.6 Å². The van der Waals surface area contributed by atoms with Gasteiger partial charge in [0.2, 0.25) is 0 Å². The van der Waals surface area contributed by atoms with E-state index < -0.39 is 24.2 Å². The third-order valence-corrected chi connectivity index (χ3v) is 7.17. The summed E-state index contributed by atoms with van der Waals surface area (Å²) < 4.78 is 42.8. The Bertz CT molecular complexity index is 1300. The number of anilines is 2. The average Bonchev–Trinajstić information content (AvgIpc) is 3.41. The second-order valence-electron chi connectivity index (χ2n) is 7.44. The zero-order valence-electron chi connectivity index (χ0n) is 16.4. The molecule has 0 saturated heterocycles. The first-order chi connectivity index (χ1) is 15.3. The number of aromatic nitrogens is 2. The van der Waals surface area contributed by atoms with Crippen LogP contribution in [0.3, 0.4) is 0 Å². The smallest absolute Gasteiger partial charge is 0.362 e. The Kier molecular flexibility index (Phi) is 5.21. The number of amides is 1. The maximum absolute atomic E-state index is 13.9. The molecule has 0 bridgehead atoms. The number of benzene rings is 2. The van der Waals surface area contributed by atoms with Gasteiger partial charge in [0, 0.05) is 22.4 Å². The molecule has 1 aliphatic heterocycles. The molecule has 0 aliphatic carbocycles. The third-order valence-electron chi connectivity index (χ3n) is 5.44. The Morgan fingerprint density at radius 3 is 2.69 bits per heavy atom. The SMILES string of the molecule is O=C(Nc1cccc2ccccc12)c1nn2c(c1Br)NC(c1cccs1)CC2C(F)(F)F. The van der Waals surface area contributed by atoms with Crippen LogP contribution in [0.15, 0.2) is 64.5 Å². The Hall–Kier alpha value is -2.85. The summed E-state index contributed by atoms with van der Waals surface area (Å²) in [6.45, 7) is 0. The molecule has 5 nitrogen and oxygen atoms in total. The number of hydrogen-bond acceptors (Lipinski definition) is 4. The monoisotopic (exact) mass is 520 g/mol. The molecule has 1 aliphatic rings. The molecule has 10 heteroatoms. The highest BCUT2D eigenvalue weighted by Crippen LogP contribution is 2.47. The maximum Gasteiger partial charge on any atom is 0.410 e. The molecule has 0 spiro atoms. The van der Waals surface area contributed by atoms with E-state index in [0.717, 1.165) is 20.3 Å². The lowest BCUT2D eigenvalue weighted by molar-refractivity contribution is -0.173. The van der Waals surface area contributed by atoms with Crippen LogP contribution in [0.1, 0.15) is 33.9 Å². The van der Waals surface area contributed by atoms with Crippen molar-refractivity contribution in [1.82, 2.24) is 9.78 Å². The standard InChI is InChI=1S/C22H16BrF3N4OS/c23-18-19(21(31)28-14-8-3-6-12-5-1-2-7-13(12)14)29-30-17(22(24,25)26)11-15(27-20(18)30)16-9-4-10-32-16/h1-10,15,17,27H,11H2,(H,28,31). The van der Waals surface area contributed by atoms with Crippen molar-refractivity contribution in [3.63, 3.8) is 0 Å². The van der Waals surface area contributed by atoms with Crippen molar-refractivity contribution in [1.29, 1.82) is 0 Å². The molecule has 164 valence electrons. The van der Waals surface area contributed by atoms with E-state index in [2.05, 4.69) is 31.7 Å². The number of nitrogens with one attached hydrogen (secondary N) is 2. The summed E-state index contributed by atoms with van der Waals surface area (Å²) in [6, 6.07) is 14.2. The third kappa shape index (κ3) is 3.67. The summed E-state index contributed by atoms with van der Waals surface area (Å²) in [4.78, 5) is 13.8. The Labute approximate surface area is 193 Å². The second kappa shape index (κ2) is 7.93. The van der Waals surface area contributed by atoms with E-state index >= 15 is 0 Å². The van der Waals surface area contributed by atoms with Crippen molar-refractivity contribution in [2.45, 2.75) is 24.7 Å². The summed E-state index contributed by atoms with van der Waals surface area (Å²) >= 11 is 4.70. The molecule has 2 aromatic carbocycles. The van der Waals surface area contributed by atoms with E-state index in [1.807, 2.05) is 35.7 Å². The van der Waals surface area contributed by atoms with Gasteiger partial charge in [0.05, 0.1) is 10.5 Å². The minimum absolute atomic E-state index is 0.110. The van der Waals surface area contributed by atoms with Crippen LogP contribution in [0, 0.1) is 0 Å². The molecule has 0 saturated carbocycles. The first-order valence-electron chi connectivity index (χ1n) is 9.76. The van der Waals surface area contributed by atoms with Crippen molar-refractivity contribution >= 4 is 55.5 Å². The van der Waals surface area contributed by atoms with Crippen LogP contribution in [-0.2, 0) is 0 Å². The largest absolute Gasteiger partial charge is 0.410 e. The van der Waals surface area contributed by atoms with Crippen LogP contribution in [-0.4, -0.2) is 21.9 Å². The summed E-state index contributed by atoms with van der Waals surface area (Å²) in [5.74, 6) is -0.453. The Morgan fingerprint density at radius 1 is 1.16 bits per heavy atom. The summed E-state index contributed by atoms with van der Waals surface area (Å²) in [5.41, 5.74) is 0.448. The topological polar surface area (TPSA) is 59.0 Å². The quantitative estimate of drug-likeness (QED) is 0.313. The van der Waals surface area contributed by atoms with E-state index in [-0.39, 0.29) is 22.4 Å². The Morgan fingerprint density at radius 2 is 1.94 bits per heavy atom. The van der Waals surface area contributed by atoms with Gasteiger partial charge in [-0.2, -0.15) is 18.3 Å². The minimum atomic E-state index is -4.51. The van der Waals surface area contributed by atoms with Crippen molar-refractivity contribution in [2.75, 3.05) is 10.6 Å². The summed E-state index contributed by atoms with van der Waals surface area (Å²) in [5, 5.41) is 13.6. The van der Waals surface area contributed by atoms with Gasteiger partial charge in [-0.1, -0.05) is 42.5 Å². The Balaban J connectivity index is 1.52. The number of carbonyl (C=O) groups excluding carboxylic acids is 1. The molecule has 4 aromatic rings. The predicted octanol–water partition coefficient (Wildman–Crippen LogP) is 6.77. The van der Waals surface area contributed by atoms with Gasteiger partial charge in [0.15, 0.2) is 11.7 Å². The fraction of sp³-hybridized carbons (Fsp3) is 0.182. The molecule has 32 heavy (non-hydrogen) atoms. The van der Waals surface area contributed by atoms with Gasteiger partial charge in [-0.05, 0) is 38.8 Å². The molecular weight excluding hydrogens is 505 g/mol. The number of fused-ring (bicyclic) bond motifs is 2. The number of carbonyl (C=O) groups is 1. The highest BCUT2D eigenvalue weighted by molar-refractivity contribution is 9.10. The van der Waals surface area contributed by atoms with Gasteiger partial charge in [-0.3, -0.25) is 4.79 Å². The first kappa shape index (κ1) is 21.0. The number of nitrogens with zero attached hydrogens (tertiary/aromatic N) is 2.